The van der Waals surface area contributed by atoms with Crippen molar-refractivity contribution in [2.75, 3.05) is 20.3 Å². The van der Waals surface area contributed by atoms with Gasteiger partial charge in [0, 0.05) is 13.7 Å². The van der Waals surface area contributed by atoms with Crippen molar-refractivity contribution < 1.29 is 9.53 Å². The number of aryl methyl sites for hydroxylation is 2. The van der Waals surface area contributed by atoms with Gasteiger partial charge in [-0.1, -0.05) is 17.7 Å². The highest BCUT2D eigenvalue weighted by atomic mass is 32.1. The van der Waals surface area contributed by atoms with E-state index < -0.39 is 5.69 Å². The van der Waals surface area contributed by atoms with Crippen molar-refractivity contribution in [3.05, 3.63) is 61.6 Å². The van der Waals surface area contributed by atoms with E-state index in [0.29, 0.717) is 29.1 Å². The van der Waals surface area contributed by atoms with Crippen molar-refractivity contribution in [2.24, 2.45) is 0 Å². The standard InChI is InChI=1S/C19H21N3O4S/c1-12-4-5-14(13(2)10-12)22-18(24)17-15(6-9-27-17)21(19(22)25)11-16(23)20-7-8-26-3/h4-6,9-10H,7-8,11H2,1-3H3,(H,20,23). The first-order valence-corrected chi connectivity index (χ1v) is 9.38. The number of nitrogens with zero attached hydrogens (tertiary/aromatic N) is 2. The number of thiophene rings is 1. The van der Waals surface area contributed by atoms with Gasteiger partial charge in [0.25, 0.3) is 5.56 Å². The van der Waals surface area contributed by atoms with E-state index in [-0.39, 0.29) is 18.0 Å². The minimum Gasteiger partial charge on any atom is -0.383 e. The van der Waals surface area contributed by atoms with Crippen LogP contribution in [0.15, 0.2) is 39.2 Å². The Bertz CT molecular complexity index is 1110. The summed E-state index contributed by atoms with van der Waals surface area (Å²) in [5, 5.41) is 4.45. The lowest BCUT2D eigenvalue weighted by Crippen LogP contribution is -2.42. The minimum atomic E-state index is -0.528. The van der Waals surface area contributed by atoms with Gasteiger partial charge in [-0.25, -0.2) is 9.36 Å². The Hall–Kier alpha value is -2.71. The van der Waals surface area contributed by atoms with Crippen LogP contribution >= 0.6 is 11.3 Å². The minimum absolute atomic E-state index is 0.166. The van der Waals surface area contributed by atoms with Crippen molar-refractivity contribution in [3.8, 4) is 5.69 Å². The largest absolute Gasteiger partial charge is 0.383 e. The molecule has 2 heterocycles. The van der Waals surface area contributed by atoms with Gasteiger partial charge in [-0.2, -0.15) is 0 Å². The Labute approximate surface area is 159 Å². The van der Waals surface area contributed by atoms with Crippen LogP contribution in [-0.4, -0.2) is 35.3 Å². The zero-order valence-corrected chi connectivity index (χ0v) is 16.3. The fourth-order valence-corrected chi connectivity index (χ4v) is 3.82. The van der Waals surface area contributed by atoms with Crippen LogP contribution < -0.4 is 16.6 Å². The summed E-state index contributed by atoms with van der Waals surface area (Å²) in [5.41, 5.74) is 1.96. The van der Waals surface area contributed by atoms with Gasteiger partial charge >= 0.3 is 5.69 Å². The van der Waals surface area contributed by atoms with Gasteiger partial charge < -0.3 is 10.1 Å². The van der Waals surface area contributed by atoms with Crippen LogP contribution in [0.1, 0.15) is 11.1 Å². The van der Waals surface area contributed by atoms with Crippen LogP contribution in [0.5, 0.6) is 0 Å². The van der Waals surface area contributed by atoms with Gasteiger partial charge in [0.15, 0.2) is 0 Å². The number of nitrogens with one attached hydrogen (secondary N) is 1. The number of rotatable bonds is 6. The van der Waals surface area contributed by atoms with E-state index in [0.717, 1.165) is 15.7 Å². The molecule has 0 unspecified atom stereocenters. The molecule has 27 heavy (non-hydrogen) atoms. The molecule has 2 aromatic heterocycles. The summed E-state index contributed by atoms with van der Waals surface area (Å²) >= 11 is 1.26. The number of fused-ring (bicyclic) bond motifs is 1. The highest BCUT2D eigenvalue weighted by Gasteiger charge is 2.18. The van der Waals surface area contributed by atoms with E-state index in [1.165, 1.54) is 15.9 Å². The summed E-state index contributed by atoms with van der Waals surface area (Å²) in [5.74, 6) is -0.313. The zero-order valence-electron chi connectivity index (χ0n) is 15.4. The number of hydrogen-bond acceptors (Lipinski definition) is 5. The lowest BCUT2D eigenvalue weighted by molar-refractivity contribution is -0.121. The second-order valence-corrected chi connectivity index (χ2v) is 7.19. The maximum Gasteiger partial charge on any atom is 0.336 e. The molecule has 7 nitrogen and oxygen atoms in total. The maximum absolute atomic E-state index is 13.1. The Balaban J connectivity index is 2.14. The maximum atomic E-state index is 13.1. The number of aromatic nitrogens is 2. The molecule has 0 spiro atoms. The van der Waals surface area contributed by atoms with E-state index in [1.807, 2.05) is 26.0 Å². The SMILES string of the molecule is COCCNC(=O)Cn1c(=O)n(-c2ccc(C)cc2C)c(=O)c2sccc21. The van der Waals surface area contributed by atoms with Crippen LogP contribution in [0.25, 0.3) is 15.9 Å². The van der Waals surface area contributed by atoms with E-state index >= 15 is 0 Å². The van der Waals surface area contributed by atoms with Crippen molar-refractivity contribution >= 4 is 27.5 Å². The molecule has 0 atom stereocenters. The van der Waals surface area contributed by atoms with Gasteiger partial charge in [-0.15, -0.1) is 11.3 Å². The molecule has 0 saturated heterocycles. The normalized spacial score (nSPS) is 11.1. The van der Waals surface area contributed by atoms with Gasteiger partial charge in [-0.3, -0.25) is 14.2 Å². The van der Waals surface area contributed by atoms with E-state index in [2.05, 4.69) is 5.32 Å². The van der Waals surface area contributed by atoms with Crippen LogP contribution in [0.2, 0.25) is 0 Å². The van der Waals surface area contributed by atoms with Gasteiger partial charge in [0.1, 0.15) is 11.2 Å². The molecule has 142 valence electrons. The number of carbonyl (C=O) groups is 1. The summed E-state index contributed by atoms with van der Waals surface area (Å²) in [6.45, 7) is 4.38. The van der Waals surface area contributed by atoms with Crippen molar-refractivity contribution in [3.63, 3.8) is 0 Å². The molecule has 0 radical (unpaired) electrons. The quantitative estimate of drug-likeness (QED) is 0.651. The highest BCUT2D eigenvalue weighted by molar-refractivity contribution is 7.17. The zero-order chi connectivity index (χ0) is 19.6. The summed E-state index contributed by atoms with van der Waals surface area (Å²) in [6, 6.07) is 7.23. The van der Waals surface area contributed by atoms with Crippen LogP contribution in [-0.2, 0) is 16.1 Å². The number of benzene rings is 1. The third-order valence-corrected chi connectivity index (χ3v) is 5.17. The third kappa shape index (κ3) is 3.72. The third-order valence-electron chi connectivity index (χ3n) is 4.28. The smallest absolute Gasteiger partial charge is 0.336 e. The summed E-state index contributed by atoms with van der Waals surface area (Å²) in [7, 11) is 1.55. The lowest BCUT2D eigenvalue weighted by atomic mass is 10.1. The average Bonchev–Trinajstić information content (AvgIpc) is 3.10. The first kappa shape index (κ1) is 19.1. The number of carbonyl (C=O) groups excluding carboxylic acids is 1. The molecule has 3 rings (SSSR count). The molecule has 3 aromatic rings. The molecule has 0 aliphatic carbocycles. The average molecular weight is 387 g/mol. The molecule has 0 aliphatic rings. The molecular weight excluding hydrogens is 366 g/mol. The molecule has 0 fully saturated rings. The fraction of sp³-hybridized carbons (Fsp3) is 0.316. The van der Waals surface area contributed by atoms with E-state index in [1.54, 1.807) is 24.6 Å². The first-order valence-electron chi connectivity index (χ1n) is 8.50. The predicted molar refractivity (Wildman–Crippen MR) is 106 cm³/mol. The number of hydrogen-bond donors (Lipinski definition) is 1. The Kier molecular flexibility index (Phi) is 5.57. The summed E-state index contributed by atoms with van der Waals surface area (Å²) < 4.78 is 7.85. The molecular formula is C19H21N3O4S. The van der Waals surface area contributed by atoms with Crippen molar-refractivity contribution in [2.45, 2.75) is 20.4 Å². The van der Waals surface area contributed by atoms with Crippen LogP contribution in [0.3, 0.4) is 0 Å². The van der Waals surface area contributed by atoms with Gasteiger partial charge in [-0.05, 0) is 36.9 Å². The topological polar surface area (TPSA) is 82.3 Å². The van der Waals surface area contributed by atoms with E-state index in [4.69, 9.17) is 4.74 Å². The van der Waals surface area contributed by atoms with Gasteiger partial charge in [0.05, 0.1) is 17.8 Å². The highest BCUT2D eigenvalue weighted by Crippen LogP contribution is 2.18. The lowest BCUT2D eigenvalue weighted by Gasteiger charge is -2.14. The Morgan fingerprint density at radius 1 is 1.22 bits per heavy atom. The van der Waals surface area contributed by atoms with Crippen molar-refractivity contribution in [1.29, 1.82) is 0 Å². The van der Waals surface area contributed by atoms with Crippen LogP contribution in [0.4, 0.5) is 0 Å². The second-order valence-electron chi connectivity index (χ2n) is 6.28. The molecule has 1 amide bonds. The molecule has 0 aliphatic heterocycles. The monoisotopic (exact) mass is 387 g/mol. The Morgan fingerprint density at radius 2 is 2.00 bits per heavy atom. The number of methoxy groups -OCH3 is 1. The summed E-state index contributed by atoms with van der Waals surface area (Å²) in [6.07, 6.45) is 0. The molecule has 1 aromatic carbocycles. The predicted octanol–water partition coefficient (Wildman–Crippen LogP) is 1.59. The number of ether oxygens (including phenoxy) is 1. The van der Waals surface area contributed by atoms with Crippen molar-refractivity contribution in [1.82, 2.24) is 14.5 Å². The molecule has 1 N–H and O–H groups in total. The molecule has 0 bridgehead atoms. The fourth-order valence-electron chi connectivity index (χ4n) is 3.00. The number of amides is 1. The second kappa shape index (κ2) is 7.89. The van der Waals surface area contributed by atoms with Gasteiger partial charge in [0.2, 0.25) is 5.91 Å². The summed E-state index contributed by atoms with van der Waals surface area (Å²) in [4.78, 5) is 38.3. The molecule has 8 heteroatoms. The van der Waals surface area contributed by atoms with E-state index in [9.17, 15) is 14.4 Å². The van der Waals surface area contributed by atoms with Crippen LogP contribution in [0, 0.1) is 13.8 Å². The Morgan fingerprint density at radius 3 is 2.70 bits per heavy atom. The first-order chi connectivity index (χ1) is 12.9. The molecule has 0 saturated carbocycles.